The molecule has 0 aliphatic heterocycles. The average Bonchev–Trinajstić information content (AvgIpc) is 2.29. The predicted octanol–water partition coefficient (Wildman–Crippen LogP) is 3.30. The second-order valence-corrected chi connectivity index (χ2v) is 3.78. The predicted molar refractivity (Wildman–Crippen MR) is 68.8 cm³/mol. The third-order valence-electron chi connectivity index (χ3n) is 2.28. The highest BCUT2D eigenvalue weighted by atomic mass is 16.4. The van der Waals surface area contributed by atoms with Crippen molar-refractivity contribution in [3.63, 3.8) is 0 Å². The van der Waals surface area contributed by atoms with Crippen molar-refractivity contribution >= 4 is 6.09 Å². The van der Waals surface area contributed by atoms with Gasteiger partial charge in [0.05, 0.1) is 0 Å². The summed E-state index contributed by atoms with van der Waals surface area (Å²) >= 11 is 0. The standard InChI is InChI=1S/C14H17NO2/c1-3-7-12(2)10-15(14(16)17)11-13-8-5-4-6-9-13/h3-9H,2,10-11H2,1H3,(H,16,17)/b7-3-. The van der Waals surface area contributed by atoms with Crippen LogP contribution in [0.5, 0.6) is 0 Å². The Balaban J connectivity index is 2.67. The van der Waals surface area contributed by atoms with Gasteiger partial charge in [0, 0.05) is 13.1 Å². The summed E-state index contributed by atoms with van der Waals surface area (Å²) in [6.07, 6.45) is 2.74. The smallest absolute Gasteiger partial charge is 0.407 e. The Labute approximate surface area is 102 Å². The SMILES string of the molecule is C=C(/C=C\C)CN(Cc1ccccc1)C(=O)O. The molecule has 1 N–H and O–H groups in total. The first-order chi connectivity index (χ1) is 8.13. The Morgan fingerprint density at radius 3 is 2.59 bits per heavy atom. The number of rotatable bonds is 5. The molecular weight excluding hydrogens is 214 g/mol. The van der Waals surface area contributed by atoms with Crippen LogP contribution >= 0.6 is 0 Å². The molecule has 17 heavy (non-hydrogen) atoms. The van der Waals surface area contributed by atoms with Crippen molar-refractivity contribution in [3.8, 4) is 0 Å². The molecule has 0 aromatic heterocycles. The Bertz CT molecular complexity index is 409. The quantitative estimate of drug-likeness (QED) is 0.790. The minimum atomic E-state index is -0.931. The molecule has 0 fully saturated rings. The topological polar surface area (TPSA) is 40.5 Å². The fourth-order valence-corrected chi connectivity index (χ4v) is 1.53. The van der Waals surface area contributed by atoms with Crippen LogP contribution in [0.1, 0.15) is 12.5 Å². The minimum Gasteiger partial charge on any atom is -0.465 e. The number of carboxylic acid groups (broad SMARTS) is 1. The second kappa shape index (κ2) is 6.53. The molecule has 0 spiro atoms. The summed E-state index contributed by atoms with van der Waals surface area (Å²) in [5.41, 5.74) is 1.76. The highest BCUT2D eigenvalue weighted by molar-refractivity contribution is 5.65. The number of hydrogen-bond acceptors (Lipinski definition) is 1. The molecule has 0 aliphatic carbocycles. The fourth-order valence-electron chi connectivity index (χ4n) is 1.53. The summed E-state index contributed by atoms with van der Waals surface area (Å²) < 4.78 is 0. The average molecular weight is 231 g/mol. The van der Waals surface area contributed by atoms with E-state index in [0.717, 1.165) is 11.1 Å². The molecule has 3 nitrogen and oxygen atoms in total. The third-order valence-corrected chi connectivity index (χ3v) is 2.28. The van der Waals surface area contributed by atoms with Crippen LogP contribution in [0, 0.1) is 0 Å². The van der Waals surface area contributed by atoms with Crippen LogP contribution in [0.15, 0.2) is 54.6 Å². The van der Waals surface area contributed by atoms with E-state index in [1.54, 1.807) is 0 Å². The molecule has 0 heterocycles. The zero-order chi connectivity index (χ0) is 12.7. The summed E-state index contributed by atoms with van der Waals surface area (Å²) in [5, 5.41) is 9.11. The maximum atomic E-state index is 11.1. The van der Waals surface area contributed by atoms with Gasteiger partial charge < -0.3 is 5.11 Å². The van der Waals surface area contributed by atoms with Crippen LogP contribution in [0.2, 0.25) is 0 Å². The van der Waals surface area contributed by atoms with Crippen molar-refractivity contribution in [3.05, 3.63) is 60.2 Å². The van der Waals surface area contributed by atoms with Gasteiger partial charge in [-0.15, -0.1) is 0 Å². The van der Waals surface area contributed by atoms with E-state index in [9.17, 15) is 4.79 Å². The number of hydrogen-bond donors (Lipinski definition) is 1. The molecular formula is C14H17NO2. The number of carbonyl (C=O) groups is 1. The van der Waals surface area contributed by atoms with Gasteiger partial charge in [-0.25, -0.2) is 4.79 Å². The van der Waals surface area contributed by atoms with Gasteiger partial charge >= 0.3 is 6.09 Å². The van der Waals surface area contributed by atoms with Crippen LogP contribution in [0.3, 0.4) is 0 Å². The molecule has 90 valence electrons. The number of benzene rings is 1. The van der Waals surface area contributed by atoms with Crippen molar-refractivity contribution in [1.82, 2.24) is 4.90 Å². The summed E-state index contributed by atoms with van der Waals surface area (Å²) in [5.74, 6) is 0. The molecule has 0 radical (unpaired) electrons. The maximum absolute atomic E-state index is 11.1. The highest BCUT2D eigenvalue weighted by Crippen LogP contribution is 2.07. The van der Waals surface area contributed by atoms with Crippen molar-refractivity contribution < 1.29 is 9.90 Å². The molecule has 3 heteroatoms. The van der Waals surface area contributed by atoms with E-state index in [-0.39, 0.29) is 0 Å². The second-order valence-electron chi connectivity index (χ2n) is 3.78. The van der Waals surface area contributed by atoms with Crippen LogP contribution in [0.25, 0.3) is 0 Å². The molecule has 0 saturated heterocycles. The molecule has 1 aromatic carbocycles. The minimum absolute atomic E-state index is 0.328. The van der Waals surface area contributed by atoms with Gasteiger partial charge in [-0.05, 0) is 18.1 Å². The van der Waals surface area contributed by atoms with E-state index >= 15 is 0 Å². The lowest BCUT2D eigenvalue weighted by Gasteiger charge is -2.19. The Hall–Kier alpha value is -2.03. The van der Waals surface area contributed by atoms with Crippen LogP contribution in [-0.2, 0) is 6.54 Å². The molecule has 0 bridgehead atoms. The lowest BCUT2D eigenvalue weighted by molar-refractivity contribution is 0.147. The Morgan fingerprint density at radius 1 is 1.41 bits per heavy atom. The van der Waals surface area contributed by atoms with E-state index in [1.165, 1.54) is 4.90 Å². The highest BCUT2D eigenvalue weighted by Gasteiger charge is 2.12. The maximum Gasteiger partial charge on any atom is 0.407 e. The third kappa shape index (κ3) is 4.55. The summed E-state index contributed by atoms with van der Waals surface area (Å²) in [6, 6.07) is 9.53. The van der Waals surface area contributed by atoms with Crippen LogP contribution < -0.4 is 0 Å². The molecule has 0 atom stereocenters. The molecule has 1 amide bonds. The van der Waals surface area contributed by atoms with Crippen LogP contribution in [-0.4, -0.2) is 22.6 Å². The first-order valence-electron chi connectivity index (χ1n) is 5.45. The van der Waals surface area contributed by atoms with Crippen molar-refractivity contribution in [2.45, 2.75) is 13.5 Å². The first-order valence-corrected chi connectivity index (χ1v) is 5.45. The van der Waals surface area contributed by atoms with Gasteiger partial charge in [-0.2, -0.15) is 0 Å². The van der Waals surface area contributed by atoms with Gasteiger partial charge in [0.25, 0.3) is 0 Å². The zero-order valence-electron chi connectivity index (χ0n) is 9.97. The normalized spacial score (nSPS) is 10.4. The first kappa shape index (κ1) is 13.0. The molecule has 1 aromatic rings. The van der Waals surface area contributed by atoms with E-state index in [2.05, 4.69) is 6.58 Å². The zero-order valence-corrected chi connectivity index (χ0v) is 9.97. The Kier molecular flexibility index (Phi) is 5.01. The number of nitrogens with zero attached hydrogens (tertiary/aromatic N) is 1. The largest absolute Gasteiger partial charge is 0.465 e. The summed E-state index contributed by atoms with van der Waals surface area (Å²) in [4.78, 5) is 12.4. The van der Waals surface area contributed by atoms with E-state index in [1.807, 2.05) is 49.4 Å². The van der Waals surface area contributed by atoms with Gasteiger partial charge in [-0.3, -0.25) is 4.90 Å². The van der Waals surface area contributed by atoms with Crippen molar-refractivity contribution in [2.24, 2.45) is 0 Å². The Morgan fingerprint density at radius 2 is 2.06 bits per heavy atom. The fraction of sp³-hybridized carbons (Fsp3) is 0.214. The summed E-state index contributed by atoms with van der Waals surface area (Å²) in [7, 11) is 0. The van der Waals surface area contributed by atoms with E-state index in [4.69, 9.17) is 5.11 Å². The molecule has 0 aliphatic rings. The lowest BCUT2D eigenvalue weighted by atomic mass is 10.2. The van der Waals surface area contributed by atoms with Crippen LogP contribution in [0.4, 0.5) is 4.79 Å². The lowest BCUT2D eigenvalue weighted by Crippen LogP contribution is -2.30. The van der Waals surface area contributed by atoms with Gasteiger partial charge in [0.2, 0.25) is 0 Å². The number of allylic oxidation sites excluding steroid dienone is 1. The summed E-state index contributed by atoms with van der Waals surface area (Å²) in [6.45, 7) is 6.41. The van der Waals surface area contributed by atoms with Crippen molar-refractivity contribution in [2.75, 3.05) is 6.54 Å². The van der Waals surface area contributed by atoms with E-state index in [0.29, 0.717) is 13.1 Å². The molecule has 0 saturated carbocycles. The van der Waals surface area contributed by atoms with Gasteiger partial charge in [-0.1, -0.05) is 49.1 Å². The van der Waals surface area contributed by atoms with Gasteiger partial charge in [0.15, 0.2) is 0 Å². The number of amides is 1. The molecule has 0 unspecified atom stereocenters. The van der Waals surface area contributed by atoms with Gasteiger partial charge in [0.1, 0.15) is 0 Å². The van der Waals surface area contributed by atoms with E-state index < -0.39 is 6.09 Å². The van der Waals surface area contributed by atoms with Crippen molar-refractivity contribution in [1.29, 1.82) is 0 Å². The monoisotopic (exact) mass is 231 g/mol. The molecule has 1 rings (SSSR count).